The topological polar surface area (TPSA) is 105 Å². The van der Waals surface area contributed by atoms with Gasteiger partial charge in [-0.25, -0.2) is 4.79 Å². The molecule has 7 nitrogen and oxygen atoms in total. The van der Waals surface area contributed by atoms with Crippen molar-refractivity contribution in [2.75, 3.05) is 12.4 Å². The molecule has 0 saturated heterocycles. The summed E-state index contributed by atoms with van der Waals surface area (Å²) in [7, 11) is 1.40. The van der Waals surface area contributed by atoms with E-state index >= 15 is 0 Å². The number of ether oxygens (including phenoxy) is 1. The van der Waals surface area contributed by atoms with Gasteiger partial charge in [-0.1, -0.05) is 6.07 Å². The maximum Gasteiger partial charge on any atom is 0.339 e. The quantitative estimate of drug-likeness (QED) is 0.730. The minimum atomic E-state index is -1.10. The number of methoxy groups -OCH3 is 1. The van der Waals surface area contributed by atoms with Crippen LogP contribution in [0.3, 0.4) is 0 Å². The van der Waals surface area contributed by atoms with Gasteiger partial charge in [0.15, 0.2) is 0 Å². The van der Waals surface area contributed by atoms with Crippen molar-refractivity contribution in [1.29, 1.82) is 0 Å². The van der Waals surface area contributed by atoms with Gasteiger partial charge in [-0.2, -0.15) is 0 Å². The monoisotopic (exact) mass is 386 g/mol. The van der Waals surface area contributed by atoms with E-state index in [1.54, 1.807) is 30.3 Å². The first-order chi connectivity index (χ1) is 12.9. The summed E-state index contributed by atoms with van der Waals surface area (Å²) in [6.07, 6.45) is 0. The van der Waals surface area contributed by atoms with E-state index in [-0.39, 0.29) is 34.9 Å². The number of carbonyl (C=O) groups is 3. The average molecular weight is 386 g/mol. The minimum absolute atomic E-state index is 0.0342. The lowest BCUT2D eigenvalue weighted by molar-refractivity contribution is -0.115. The third-order valence-corrected chi connectivity index (χ3v) is 5.30. The summed E-state index contributed by atoms with van der Waals surface area (Å²) in [6, 6.07) is 9.85. The number of rotatable bonds is 5. The molecule has 0 aromatic heterocycles. The van der Waals surface area contributed by atoms with Crippen molar-refractivity contribution in [2.24, 2.45) is 0 Å². The molecule has 140 valence electrons. The van der Waals surface area contributed by atoms with Gasteiger partial charge in [-0.3, -0.25) is 9.59 Å². The Kier molecular flexibility index (Phi) is 5.36. The number of carboxylic acid groups (broad SMARTS) is 1. The molecule has 1 heterocycles. The fourth-order valence-corrected chi connectivity index (χ4v) is 3.60. The molecule has 0 saturated carbocycles. The third kappa shape index (κ3) is 4.06. The van der Waals surface area contributed by atoms with E-state index in [0.29, 0.717) is 16.8 Å². The summed E-state index contributed by atoms with van der Waals surface area (Å²) in [4.78, 5) is 36.4. The van der Waals surface area contributed by atoms with Crippen LogP contribution in [0.2, 0.25) is 0 Å². The van der Waals surface area contributed by atoms with Gasteiger partial charge in [0.25, 0.3) is 5.91 Å². The van der Waals surface area contributed by atoms with Gasteiger partial charge >= 0.3 is 5.97 Å². The first-order valence-corrected chi connectivity index (χ1v) is 9.07. The van der Waals surface area contributed by atoms with Gasteiger partial charge in [-0.05, 0) is 42.8 Å². The predicted octanol–water partition coefficient (Wildman–Crippen LogP) is 2.76. The minimum Gasteiger partial charge on any atom is -0.496 e. The van der Waals surface area contributed by atoms with Crippen molar-refractivity contribution in [3.8, 4) is 5.75 Å². The van der Waals surface area contributed by atoms with Crippen LogP contribution in [0, 0.1) is 0 Å². The first-order valence-electron chi connectivity index (χ1n) is 8.19. The Balaban J connectivity index is 1.72. The summed E-state index contributed by atoms with van der Waals surface area (Å²) in [5.74, 6) is -1.25. The number of hydrogen-bond acceptors (Lipinski definition) is 5. The second-order valence-electron chi connectivity index (χ2n) is 5.98. The van der Waals surface area contributed by atoms with E-state index in [2.05, 4.69) is 10.6 Å². The van der Waals surface area contributed by atoms with E-state index in [0.717, 1.165) is 4.90 Å². The summed E-state index contributed by atoms with van der Waals surface area (Å²) < 4.78 is 5.02. The lowest BCUT2D eigenvalue weighted by atomic mass is 10.1. The number of nitrogens with one attached hydrogen (secondary N) is 2. The summed E-state index contributed by atoms with van der Waals surface area (Å²) >= 11 is 1.45. The van der Waals surface area contributed by atoms with Crippen molar-refractivity contribution in [2.45, 2.75) is 23.6 Å². The van der Waals surface area contributed by atoms with Crippen LogP contribution in [-0.2, 0) is 11.3 Å². The molecule has 0 radical (unpaired) electrons. The molecule has 1 aliphatic rings. The number of carboxylic acids is 1. The van der Waals surface area contributed by atoms with Crippen LogP contribution in [0.15, 0.2) is 41.3 Å². The van der Waals surface area contributed by atoms with E-state index in [9.17, 15) is 19.5 Å². The standard InChI is InChI=1S/C19H18N2O5S/c1-10-17(22)21-14-8-12(4-6-16(14)27-10)18(23)20-9-11-3-5-15(26-2)13(7-11)19(24)25/h3-8,10H,9H2,1-2H3,(H,20,23)(H,21,22)(H,24,25). The number of hydrogen-bond donors (Lipinski definition) is 3. The van der Waals surface area contributed by atoms with E-state index in [4.69, 9.17) is 4.74 Å². The zero-order chi connectivity index (χ0) is 19.6. The second kappa shape index (κ2) is 7.71. The van der Waals surface area contributed by atoms with Crippen molar-refractivity contribution in [3.05, 3.63) is 53.1 Å². The Morgan fingerprint density at radius 3 is 2.74 bits per heavy atom. The highest BCUT2D eigenvalue weighted by molar-refractivity contribution is 8.00. The highest BCUT2D eigenvalue weighted by Gasteiger charge is 2.23. The Labute approximate surface area is 160 Å². The second-order valence-corrected chi connectivity index (χ2v) is 7.37. The van der Waals surface area contributed by atoms with Gasteiger partial charge < -0.3 is 20.5 Å². The number of benzene rings is 2. The van der Waals surface area contributed by atoms with Crippen LogP contribution in [0.5, 0.6) is 5.75 Å². The molecule has 0 spiro atoms. The first kappa shape index (κ1) is 18.8. The van der Waals surface area contributed by atoms with Gasteiger partial charge in [0, 0.05) is 17.0 Å². The van der Waals surface area contributed by atoms with Gasteiger partial charge in [0.05, 0.1) is 18.0 Å². The Hall–Kier alpha value is -3.00. The zero-order valence-electron chi connectivity index (χ0n) is 14.7. The molecule has 8 heteroatoms. The van der Waals surface area contributed by atoms with Crippen LogP contribution in [0.25, 0.3) is 0 Å². The van der Waals surface area contributed by atoms with Crippen molar-refractivity contribution in [3.63, 3.8) is 0 Å². The molecule has 2 amide bonds. The molecule has 0 bridgehead atoms. The highest BCUT2D eigenvalue weighted by Crippen LogP contribution is 2.35. The van der Waals surface area contributed by atoms with Crippen molar-refractivity contribution < 1.29 is 24.2 Å². The molecule has 1 unspecified atom stereocenters. The summed E-state index contributed by atoms with van der Waals surface area (Å²) in [6.45, 7) is 1.99. The van der Waals surface area contributed by atoms with Crippen LogP contribution in [0.4, 0.5) is 5.69 Å². The summed E-state index contributed by atoms with van der Waals surface area (Å²) in [5.41, 5.74) is 1.70. The fraction of sp³-hybridized carbons (Fsp3) is 0.211. The number of fused-ring (bicyclic) bond motifs is 1. The van der Waals surface area contributed by atoms with Crippen molar-refractivity contribution >= 4 is 35.2 Å². The molecule has 27 heavy (non-hydrogen) atoms. The lowest BCUT2D eigenvalue weighted by Crippen LogP contribution is -2.27. The van der Waals surface area contributed by atoms with Crippen molar-refractivity contribution in [1.82, 2.24) is 5.32 Å². The average Bonchev–Trinajstić information content (AvgIpc) is 2.66. The molecule has 2 aromatic rings. The van der Waals surface area contributed by atoms with Crippen LogP contribution in [0.1, 0.15) is 33.2 Å². The molecule has 1 atom stereocenters. The number of carbonyl (C=O) groups excluding carboxylic acids is 2. The number of amides is 2. The van der Waals surface area contributed by atoms with Gasteiger partial charge in [0.1, 0.15) is 11.3 Å². The molecular weight excluding hydrogens is 368 g/mol. The predicted molar refractivity (Wildman–Crippen MR) is 102 cm³/mol. The van der Waals surface area contributed by atoms with Crippen LogP contribution >= 0.6 is 11.8 Å². The summed E-state index contributed by atoms with van der Waals surface area (Å²) in [5, 5.41) is 14.6. The zero-order valence-corrected chi connectivity index (χ0v) is 15.6. The molecule has 3 N–H and O–H groups in total. The van der Waals surface area contributed by atoms with Gasteiger partial charge in [-0.15, -0.1) is 11.8 Å². The Bertz CT molecular complexity index is 928. The fourth-order valence-electron chi connectivity index (χ4n) is 2.67. The highest BCUT2D eigenvalue weighted by atomic mass is 32.2. The third-order valence-electron chi connectivity index (χ3n) is 4.12. The maximum atomic E-state index is 12.4. The van der Waals surface area contributed by atoms with Gasteiger partial charge in [0.2, 0.25) is 5.91 Å². The smallest absolute Gasteiger partial charge is 0.339 e. The lowest BCUT2D eigenvalue weighted by Gasteiger charge is -2.21. The van der Waals surface area contributed by atoms with E-state index in [1.807, 2.05) is 6.92 Å². The molecule has 1 aliphatic heterocycles. The Morgan fingerprint density at radius 2 is 2.04 bits per heavy atom. The molecule has 3 rings (SSSR count). The number of anilines is 1. The Morgan fingerprint density at radius 1 is 1.26 bits per heavy atom. The molecular formula is C19H18N2O5S. The number of aromatic carboxylic acids is 1. The molecule has 0 fully saturated rings. The van der Waals surface area contributed by atoms with E-state index < -0.39 is 5.97 Å². The SMILES string of the molecule is COc1ccc(CNC(=O)c2ccc3c(c2)NC(=O)C(C)S3)cc1C(=O)O. The van der Waals surface area contributed by atoms with Crippen LogP contribution in [-0.4, -0.2) is 35.2 Å². The normalized spacial score (nSPS) is 15.5. The van der Waals surface area contributed by atoms with Crippen LogP contribution < -0.4 is 15.4 Å². The molecule has 2 aromatic carbocycles. The maximum absolute atomic E-state index is 12.4. The largest absolute Gasteiger partial charge is 0.496 e. The molecule has 0 aliphatic carbocycles. The van der Waals surface area contributed by atoms with E-state index in [1.165, 1.54) is 24.9 Å². The number of thioether (sulfide) groups is 1.